The van der Waals surface area contributed by atoms with Crippen molar-refractivity contribution < 1.29 is 13.9 Å². The van der Waals surface area contributed by atoms with Crippen molar-refractivity contribution in [1.82, 2.24) is 4.90 Å². The van der Waals surface area contributed by atoms with E-state index in [4.69, 9.17) is 0 Å². The molecule has 0 saturated carbocycles. The molecule has 0 bridgehead atoms. The van der Waals surface area contributed by atoms with Crippen molar-refractivity contribution in [3.05, 3.63) is 35.1 Å². The van der Waals surface area contributed by atoms with Gasteiger partial charge in [-0.25, -0.2) is 9.18 Å². The third kappa shape index (κ3) is 4.11. The fraction of sp³-hybridized carbons (Fsp3) is 0.500. The maximum Gasteiger partial charge on any atom is 0.340 e. The number of benzene rings is 1. The maximum absolute atomic E-state index is 13.7. The fourth-order valence-electron chi connectivity index (χ4n) is 1.93. The average molecular weight is 253 g/mol. The Kier molecular flexibility index (Phi) is 5.28. The lowest BCUT2D eigenvalue weighted by atomic mass is 10.1. The summed E-state index contributed by atoms with van der Waals surface area (Å²) >= 11 is 0. The van der Waals surface area contributed by atoms with E-state index in [0.29, 0.717) is 12.5 Å². The predicted octanol–water partition coefficient (Wildman–Crippen LogP) is 2.70. The normalized spacial score (nSPS) is 11.1. The van der Waals surface area contributed by atoms with E-state index in [1.54, 1.807) is 6.07 Å². The highest BCUT2D eigenvalue weighted by Crippen LogP contribution is 2.13. The standard InChI is InChI=1S/C14H20FNO2/c1-10(2)8-16(3)9-11-5-6-12(13(15)7-11)14(17)18-4/h5-7,10H,8-9H2,1-4H3. The molecule has 0 atom stereocenters. The van der Waals surface area contributed by atoms with Gasteiger partial charge in [-0.2, -0.15) is 0 Å². The third-order valence-electron chi connectivity index (χ3n) is 2.57. The van der Waals surface area contributed by atoms with Crippen LogP contribution in [-0.2, 0) is 11.3 Å². The SMILES string of the molecule is COC(=O)c1ccc(CN(C)CC(C)C)cc1F. The van der Waals surface area contributed by atoms with E-state index >= 15 is 0 Å². The van der Waals surface area contributed by atoms with Crippen molar-refractivity contribution in [2.24, 2.45) is 5.92 Å². The lowest BCUT2D eigenvalue weighted by molar-refractivity contribution is 0.0595. The number of nitrogens with zero attached hydrogens (tertiary/aromatic N) is 1. The van der Waals surface area contributed by atoms with E-state index in [-0.39, 0.29) is 5.56 Å². The van der Waals surface area contributed by atoms with Crippen LogP contribution >= 0.6 is 0 Å². The lowest BCUT2D eigenvalue weighted by Crippen LogP contribution is -2.22. The van der Waals surface area contributed by atoms with Gasteiger partial charge in [0.2, 0.25) is 0 Å². The molecule has 0 radical (unpaired) electrons. The first kappa shape index (κ1) is 14.6. The van der Waals surface area contributed by atoms with Crippen molar-refractivity contribution >= 4 is 5.97 Å². The zero-order valence-electron chi connectivity index (χ0n) is 11.4. The molecule has 0 N–H and O–H groups in total. The zero-order chi connectivity index (χ0) is 13.7. The first-order valence-corrected chi connectivity index (χ1v) is 5.99. The number of halogens is 1. The molecule has 1 aromatic carbocycles. The molecule has 1 rings (SSSR count). The summed E-state index contributed by atoms with van der Waals surface area (Å²) in [5.41, 5.74) is 0.830. The van der Waals surface area contributed by atoms with Gasteiger partial charge in [0.05, 0.1) is 12.7 Å². The van der Waals surface area contributed by atoms with Gasteiger partial charge in [-0.05, 0) is 30.7 Å². The minimum atomic E-state index is -0.644. The van der Waals surface area contributed by atoms with Gasteiger partial charge in [0.1, 0.15) is 5.82 Å². The Morgan fingerprint density at radius 3 is 2.61 bits per heavy atom. The van der Waals surface area contributed by atoms with Crippen LogP contribution in [0.25, 0.3) is 0 Å². The summed E-state index contributed by atoms with van der Waals surface area (Å²) in [6.45, 7) is 5.88. The molecule has 18 heavy (non-hydrogen) atoms. The minimum Gasteiger partial charge on any atom is -0.465 e. The van der Waals surface area contributed by atoms with E-state index < -0.39 is 11.8 Å². The fourth-order valence-corrected chi connectivity index (χ4v) is 1.93. The quantitative estimate of drug-likeness (QED) is 0.756. The van der Waals surface area contributed by atoms with Gasteiger partial charge in [0, 0.05) is 13.1 Å². The molecule has 0 aromatic heterocycles. The number of hydrogen-bond acceptors (Lipinski definition) is 3. The number of carbonyl (C=O) groups excluding carboxylic acids is 1. The second-order valence-corrected chi connectivity index (χ2v) is 4.90. The Morgan fingerprint density at radius 1 is 1.44 bits per heavy atom. The van der Waals surface area contributed by atoms with Crippen LogP contribution in [0.4, 0.5) is 4.39 Å². The van der Waals surface area contributed by atoms with Gasteiger partial charge in [-0.1, -0.05) is 19.9 Å². The predicted molar refractivity (Wildman–Crippen MR) is 68.9 cm³/mol. The molecule has 0 saturated heterocycles. The van der Waals surface area contributed by atoms with Crippen LogP contribution in [0.15, 0.2) is 18.2 Å². The zero-order valence-corrected chi connectivity index (χ0v) is 11.4. The summed E-state index contributed by atoms with van der Waals surface area (Å²) in [5, 5.41) is 0. The summed E-state index contributed by atoms with van der Waals surface area (Å²) < 4.78 is 18.2. The molecule has 4 heteroatoms. The first-order chi connectivity index (χ1) is 8.43. The second-order valence-electron chi connectivity index (χ2n) is 4.90. The van der Waals surface area contributed by atoms with Crippen molar-refractivity contribution in [2.75, 3.05) is 20.7 Å². The Hall–Kier alpha value is -1.42. The molecule has 0 aliphatic rings. The first-order valence-electron chi connectivity index (χ1n) is 5.99. The molecular formula is C14H20FNO2. The van der Waals surface area contributed by atoms with Gasteiger partial charge in [0.25, 0.3) is 0 Å². The summed E-state index contributed by atoms with van der Waals surface area (Å²) in [4.78, 5) is 13.4. The van der Waals surface area contributed by atoms with Gasteiger partial charge in [-0.15, -0.1) is 0 Å². The van der Waals surface area contributed by atoms with Crippen LogP contribution in [0.5, 0.6) is 0 Å². The smallest absolute Gasteiger partial charge is 0.340 e. The molecule has 0 aliphatic heterocycles. The van der Waals surface area contributed by atoms with Crippen molar-refractivity contribution in [1.29, 1.82) is 0 Å². The summed E-state index contributed by atoms with van der Waals surface area (Å²) in [6.07, 6.45) is 0. The van der Waals surface area contributed by atoms with Crippen LogP contribution in [0, 0.1) is 11.7 Å². The Morgan fingerprint density at radius 2 is 2.11 bits per heavy atom. The maximum atomic E-state index is 13.7. The van der Waals surface area contributed by atoms with Crippen LogP contribution in [-0.4, -0.2) is 31.6 Å². The van der Waals surface area contributed by atoms with Crippen molar-refractivity contribution in [2.45, 2.75) is 20.4 Å². The van der Waals surface area contributed by atoms with Crippen LogP contribution in [0.2, 0.25) is 0 Å². The van der Waals surface area contributed by atoms with Crippen LogP contribution < -0.4 is 0 Å². The van der Waals surface area contributed by atoms with Gasteiger partial charge in [-0.3, -0.25) is 0 Å². The minimum absolute atomic E-state index is 0.0206. The number of carbonyl (C=O) groups is 1. The van der Waals surface area contributed by atoms with Crippen LogP contribution in [0.3, 0.4) is 0 Å². The number of esters is 1. The largest absolute Gasteiger partial charge is 0.465 e. The van der Waals surface area contributed by atoms with E-state index in [1.165, 1.54) is 19.2 Å². The molecular weight excluding hydrogens is 233 g/mol. The Balaban J connectivity index is 2.75. The van der Waals surface area contributed by atoms with Gasteiger partial charge in [0.15, 0.2) is 0 Å². The summed E-state index contributed by atoms with van der Waals surface area (Å²) in [6, 6.07) is 4.62. The van der Waals surface area contributed by atoms with Crippen molar-refractivity contribution in [3.8, 4) is 0 Å². The van der Waals surface area contributed by atoms with Crippen molar-refractivity contribution in [3.63, 3.8) is 0 Å². The molecule has 0 aliphatic carbocycles. The Bertz CT molecular complexity index is 418. The molecule has 1 aromatic rings. The third-order valence-corrected chi connectivity index (χ3v) is 2.57. The monoisotopic (exact) mass is 253 g/mol. The average Bonchev–Trinajstić information content (AvgIpc) is 2.27. The topological polar surface area (TPSA) is 29.5 Å². The lowest BCUT2D eigenvalue weighted by Gasteiger charge is -2.19. The number of rotatable bonds is 5. The second kappa shape index (κ2) is 6.50. The molecule has 0 amide bonds. The van der Waals surface area contributed by atoms with E-state index in [1.807, 2.05) is 7.05 Å². The highest BCUT2D eigenvalue weighted by Gasteiger charge is 2.13. The molecule has 0 heterocycles. The van der Waals surface area contributed by atoms with Gasteiger partial charge >= 0.3 is 5.97 Å². The molecule has 0 unspecified atom stereocenters. The van der Waals surface area contributed by atoms with E-state index in [0.717, 1.165) is 12.1 Å². The number of ether oxygens (including phenoxy) is 1. The summed E-state index contributed by atoms with van der Waals surface area (Å²) in [7, 11) is 3.23. The molecule has 0 fully saturated rings. The number of hydrogen-bond donors (Lipinski definition) is 0. The van der Waals surface area contributed by atoms with Gasteiger partial charge < -0.3 is 9.64 Å². The van der Waals surface area contributed by atoms with Crippen LogP contribution in [0.1, 0.15) is 29.8 Å². The van der Waals surface area contributed by atoms with E-state index in [9.17, 15) is 9.18 Å². The molecule has 3 nitrogen and oxygen atoms in total. The number of methoxy groups -OCH3 is 1. The summed E-state index contributed by atoms with van der Waals surface area (Å²) in [5.74, 6) is -0.610. The highest BCUT2D eigenvalue weighted by atomic mass is 19.1. The highest BCUT2D eigenvalue weighted by molar-refractivity contribution is 5.89. The molecule has 0 spiro atoms. The molecule has 100 valence electrons. The van der Waals surface area contributed by atoms with E-state index in [2.05, 4.69) is 23.5 Å². The Labute approximate surface area is 108 Å².